The highest BCUT2D eigenvalue weighted by molar-refractivity contribution is 6.30. The Kier molecular flexibility index (Phi) is 5.09. The van der Waals surface area contributed by atoms with Crippen molar-refractivity contribution in [1.29, 1.82) is 0 Å². The lowest BCUT2D eigenvalue weighted by Crippen LogP contribution is -2.15. The summed E-state index contributed by atoms with van der Waals surface area (Å²) in [4.78, 5) is 12.5. The van der Waals surface area contributed by atoms with Crippen LogP contribution in [0.3, 0.4) is 0 Å². The highest BCUT2D eigenvalue weighted by Crippen LogP contribution is 2.29. The number of halogens is 3. The Morgan fingerprint density at radius 1 is 1.16 bits per heavy atom. The van der Waals surface area contributed by atoms with Crippen LogP contribution in [-0.2, 0) is 6.42 Å². The molecule has 0 fully saturated rings. The molecule has 0 aliphatic carbocycles. The van der Waals surface area contributed by atoms with E-state index in [4.69, 9.17) is 11.6 Å². The minimum Gasteiger partial charge on any atom is -0.321 e. The smallest absolute Gasteiger partial charge is 0.259 e. The Balaban J connectivity index is 1.88. The van der Waals surface area contributed by atoms with Gasteiger partial charge in [-0.05, 0) is 23.8 Å². The predicted octanol–water partition coefficient (Wildman–Crippen LogP) is 4.79. The van der Waals surface area contributed by atoms with E-state index in [-0.39, 0.29) is 11.3 Å². The average molecular weight is 362 g/mol. The van der Waals surface area contributed by atoms with Gasteiger partial charge in [-0.25, -0.2) is 8.78 Å². The summed E-state index contributed by atoms with van der Waals surface area (Å²) in [6.07, 6.45) is -1.87. The fourth-order valence-electron chi connectivity index (χ4n) is 2.48. The van der Waals surface area contributed by atoms with Crippen LogP contribution < -0.4 is 5.32 Å². The summed E-state index contributed by atoms with van der Waals surface area (Å²) in [6.45, 7) is 0. The summed E-state index contributed by atoms with van der Waals surface area (Å²) in [7, 11) is 0. The fourth-order valence-corrected chi connectivity index (χ4v) is 2.61. The molecule has 0 spiro atoms. The first-order valence-electron chi connectivity index (χ1n) is 7.51. The molecule has 2 N–H and O–H groups in total. The molecule has 0 saturated carbocycles. The van der Waals surface area contributed by atoms with E-state index in [1.807, 2.05) is 24.3 Å². The van der Waals surface area contributed by atoms with Gasteiger partial charge in [-0.2, -0.15) is 5.10 Å². The van der Waals surface area contributed by atoms with Gasteiger partial charge in [0.15, 0.2) is 0 Å². The zero-order valence-electron chi connectivity index (χ0n) is 13.0. The van der Waals surface area contributed by atoms with Crippen molar-refractivity contribution in [2.75, 3.05) is 5.32 Å². The number of aromatic nitrogens is 2. The van der Waals surface area contributed by atoms with E-state index in [2.05, 4.69) is 15.5 Å². The van der Waals surface area contributed by atoms with Crippen molar-refractivity contribution < 1.29 is 13.6 Å². The lowest BCUT2D eigenvalue weighted by atomic mass is 10.0. The molecule has 0 bridgehead atoms. The van der Waals surface area contributed by atoms with Crippen molar-refractivity contribution in [2.45, 2.75) is 12.8 Å². The lowest BCUT2D eigenvalue weighted by molar-refractivity contribution is 0.102. The van der Waals surface area contributed by atoms with Crippen LogP contribution in [0.1, 0.15) is 16.1 Å². The van der Waals surface area contributed by atoms with Gasteiger partial charge >= 0.3 is 0 Å². The van der Waals surface area contributed by atoms with Crippen LogP contribution in [0.25, 0.3) is 11.1 Å². The Morgan fingerprint density at radius 3 is 2.60 bits per heavy atom. The van der Waals surface area contributed by atoms with Crippen molar-refractivity contribution in [3.8, 4) is 11.1 Å². The highest BCUT2D eigenvalue weighted by Gasteiger charge is 2.18. The van der Waals surface area contributed by atoms with E-state index in [1.54, 1.807) is 24.3 Å². The third-order valence-corrected chi connectivity index (χ3v) is 3.90. The second-order valence-corrected chi connectivity index (χ2v) is 5.80. The minimum absolute atomic E-state index is 0.103. The second-order valence-electron chi connectivity index (χ2n) is 5.36. The molecule has 4 nitrogen and oxygen atoms in total. The fraction of sp³-hybridized carbons (Fsp3) is 0.111. The number of nitrogens with zero attached hydrogens (tertiary/aromatic N) is 1. The largest absolute Gasteiger partial charge is 0.321 e. The van der Waals surface area contributed by atoms with Gasteiger partial charge in [0.25, 0.3) is 5.91 Å². The number of rotatable bonds is 5. The third kappa shape index (κ3) is 4.03. The maximum atomic E-state index is 12.6. The molecule has 2 aromatic carbocycles. The standard InChI is InChI=1S/C18H14ClF2N3O/c19-12-7-5-11(6-8-12)13-3-1-2-4-15(13)23-18(25)14-10-22-24-16(14)9-17(20)21/h1-8,10,17H,9H2,(H,22,24)(H,23,25). The Bertz CT molecular complexity index is 878. The Labute approximate surface area is 147 Å². The van der Waals surface area contributed by atoms with E-state index in [0.29, 0.717) is 10.7 Å². The topological polar surface area (TPSA) is 57.8 Å². The van der Waals surface area contributed by atoms with Crippen LogP contribution >= 0.6 is 11.6 Å². The summed E-state index contributed by atoms with van der Waals surface area (Å²) in [5.74, 6) is -0.495. The molecule has 0 saturated heterocycles. The number of alkyl halides is 2. The van der Waals surface area contributed by atoms with Crippen LogP contribution in [0, 0.1) is 0 Å². The van der Waals surface area contributed by atoms with Crippen LogP contribution in [0.5, 0.6) is 0 Å². The molecule has 1 heterocycles. The predicted molar refractivity (Wildman–Crippen MR) is 93.1 cm³/mol. The number of nitrogens with one attached hydrogen (secondary N) is 2. The van der Waals surface area contributed by atoms with Crippen molar-refractivity contribution in [3.63, 3.8) is 0 Å². The molecule has 1 aromatic heterocycles. The molecule has 3 rings (SSSR count). The summed E-state index contributed by atoms with van der Waals surface area (Å²) < 4.78 is 25.2. The van der Waals surface area contributed by atoms with Crippen molar-refractivity contribution in [2.24, 2.45) is 0 Å². The van der Waals surface area contributed by atoms with Gasteiger partial charge in [-0.15, -0.1) is 0 Å². The monoisotopic (exact) mass is 361 g/mol. The molecule has 25 heavy (non-hydrogen) atoms. The second kappa shape index (κ2) is 7.44. The normalized spacial score (nSPS) is 10.9. The Morgan fingerprint density at radius 2 is 1.88 bits per heavy atom. The molecule has 0 radical (unpaired) electrons. The maximum Gasteiger partial charge on any atom is 0.259 e. The first-order chi connectivity index (χ1) is 12.0. The number of hydrogen-bond acceptors (Lipinski definition) is 2. The van der Waals surface area contributed by atoms with Crippen molar-refractivity contribution in [3.05, 3.63) is 71.0 Å². The van der Waals surface area contributed by atoms with Gasteiger partial charge in [0.05, 0.1) is 23.9 Å². The van der Waals surface area contributed by atoms with Gasteiger partial charge in [0.1, 0.15) is 0 Å². The van der Waals surface area contributed by atoms with Gasteiger partial charge in [-0.3, -0.25) is 9.89 Å². The summed E-state index contributed by atoms with van der Waals surface area (Å²) in [6, 6.07) is 14.4. The van der Waals surface area contributed by atoms with E-state index in [1.165, 1.54) is 6.20 Å². The van der Waals surface area contributed by atoms with E-state index in [9.17, 15) is 13.6 Å². The number of amides is 1. The summed E-state index contributed by atoms with van der Waals surface area (Å²) in [5.41, 5.74) is 2.45. The number of aromatic amines is 1. The van der Waals surface area contributed by atoms with Gasteiger partial charge in [-0.1, -0.05) is 41.9 Å². The number of anilines is 1. The zero-order chi connectivity index (χ0) is 17.8. The van der Waals surface area contributed by atoms with E-state index < -0.39 is 18.8 Å². The first-order valence-corrected chi connectivity index (χ1v) is 7.89. The van der Waals surface area contributed by atoms with E-state index >= 15 is 0 Å². The number of H-pyrrole nitrogens is 1. The average Bonchev–Trinajstić information content (AvgIpc) is 3.04. The molecule has 0 aliphatic heterocycles. The molecule has 1 amide bonds. The first kappa shape index (κ1) is 17.1. The number of para-hydroxylation sites is 1. The van der Waals surface area contributed by atoms with Crippen LogP contribution in [0.2, 0.25) is 5.02 Å². The van der Waals surface area contributed by atoms with Gasteiger partial charge < -0.3 is 5.32 Å². The molecule has 128 valence electrons. The number of benzene rings is 2. The van der Waals surface area contributed by atoms with Crippen molar-refractivity contribution in [1.82, 2.24) is 10.2 Å². The van der Waals surface area contributed by atoms with Gasteiger partial charge in [0.2, 0.25) is 6.43 Å². The number of hydrogen-bond donors (Lipinski definition) is 2. The lowest BCUT2D eigenvalue weighted by Gasteiger charge is -2.11. The quantitative estimate of drug-likeness (QED) is 0.686. The minimum atomic E-state index is -2.56. The molecule has 0 unspecified atom stereocenters. The van der Waals surface area contributed by atoms with Gasteiger partial charge in [0, 0.05) is 16.3 Å². The SMILES string of the molecule is O=C(Nc1ccccc1-c1ccc(Cl)cc1)c1cn[nH]c1CC(F)F. The molecule has 3 aromatic rings. The Hall–Kier alpha value is -2.73. The van der Waals surface area contributed by atoms with Crippen LogP contribution in [-0.4, -0.2) is 22.5 Å². The third-order valence-electron chi connectivity index (χ3n) is 3.65. The van der Waals surface area contributed by atoms with Crippen molar-refractivity contribution >= 4 is 23.2 Å². The van der Waals surface area contributed by atoms with Crippen LogP contribution in [0.15, 0.2) is 54.7 Å². The molecular formula is C18H14ClF2N3O. The highest BCUT2D eigenvalue weighted by atomic mass is 35.5. The molecule has 0 atom stereocenters. The van der Waals surface area contributed by atoms with Crippen LogP contribution in [0.4, 0.5) is 14.5 Å². The van der Waals surface area contributed by atoms with E-state index in [0.717, 1.165) is 11.1 Å². The maximum absolute atomic E-state index is 12.6. The molecular weight excluding hydrogens is 348 g/mol. The molecule has 0 aliphatic rings. The number of carbonyl (C=O) groups is 1. The summed E-state index contributed by atoms with van der Waals surface area (Å²) in [5, 5.41) is 9.52. The zero-order valence-corrected chi connectivity index (χ0v) is 13.7. The number of carbonyl (C=O) groups excluding carboxylic acids is 1. The summed E-state index contributed by atoms with van der Waals surface area (Å²) >= 11 is 5.91. The molecule has 7 heteroatoms.